The van der Waals surface area contributed by atoms with Crippen molar-refractivity contribution in [2.24, 2.45) is 0 Å². The van der Waals surface area contributed by atoms with E-state index in [-0.39, 0.29) is 29.3 Å². The fourth-order valence-electron chi connectivity index (χ4n) is 5.70. The zero-order valence-corrected chi connectivity index (χ0v) is 18.4. The number of rotatable bonds is 6. The van der Waals surface area contributed by atoms with Crippen molar-refractivity contribution in [3.8, 4) is 0 Å². The molecule has 0 radical (unpaired) electrons. The summed E-state index contributed by atoms with van der Waals surface area (Å²) < 4.78 is 33.9. The van der Waals surface area contributed by atoms with E-state index in [1.165, 1.54) is 0 Å². The van der Waals surface area contributed by atoms with Crippen molar-refractivity contribution in [2.75, 3.05) is 7.05 Å². The summed E-state index contributed by atoms with van der Waals surface area (Å²) in [5, 5.41) is 10.0. The van der Waals surface area contributed by atoms with Crippen molar-refractivity contribution in [1.82, 2.24) is 20.1 Å². The van der Waals surface area contributed by atoms with Crippen LogP contribution in [0.15, 0.2) is 10.6 Å². The fourth-order valence-corrected chi connectivity index (χ4v) is 8.13. The van der Waals surface area contributed by atoms with Crippen molar-refractivity contribution < 1.29 is 17.7 Å². The molecule has 2 aliphatic carbocycles. The molecule has 166 valence electrons. The van der Waals surface area contributed by atoms with E-state index in [0.717, 1.165) is 57.1 Å². The summed E-state index contributed by atoms with van der Waals surface area (Å²) in [6.45, 7) is 0. The summed E-state index contributed by atoms with van der Waals surface area (Å²) in [4.78, 5) is 12.6. The van der Waals surface area contributed by atoms with Gasteiger partial charge in [0.2, 0.25) is 10.0 Å². The molecule has 1 aromatic heterocycles. The predicted molar refractivity (Wildman–Crippen MR) is 112 cm³/mol. The molecule has 2 saturated carbocycles. The average Bonchev–Trinajstić information content (AvgIpc) is 3.40. The van der Waals surface area contributed by atoms with Crippen LogP contribution in [0.1, 0.15) is 86.4 Å². The number of nitrogens with one attached hydrogen (secondary N) is 2. The number of nitrogens with zero attached hydrogens (tertiary/aromatic N) is 2. The van der Waals surface area contributed by atoms with Gasteiger partial charge in [-0.05, 0) is 71.3 Å². The smallest absolute Gasteiger partial charge is 0.273 e. The molecule has 5 rings (SSSR count). The summed E-state index contributed by atoms with van der Waals surface area (Å²) in [5.41, 5.74) is 0.334. The Balaban J connectivity index is 1.21. The van der Waals surface area contributed by atoms with Gasteiger partial charge in [-0.3, -0.25) is 4.79 Å². The first-order valence-corrected chi connectivity index (χ1v) is 12.9. The second-order valence-corrected chi connectivity index (χ2v) is 11.7. The monoisotopic (exact) mass is 436 g/mol. The van der Waals surface area contributed by atoms with E-state index in [0.29, 0.717) is 30.5 Å². The lowest BCUT2D eigenvalue weighted by atomic mass is 9.95. The number of carbonyl (C=O) groups excluding carboxylic acids is 1. The van der Waals surface area contributed by atoms with E-state index in [2.05, 4.69) is 15.8 Å². The minimum atomic E-state index is -3.29. The first-order chi connectivity index (χ1) is 14.5. The Bertz CT molecular complexity index is 875. The highest BCUT2D eigenvalue weighted by molar-refractivity contribution is 7.89. The molecule has 3 atom stereocenters. The van der Waals surface area contributed by atoms with Crippen molar-refractivity contribution in [3.63, 3.8) is 0 Å². The molecule has 0 aromatic carbocycles. The lowest BCUT2D eigenvalue weighted by Crippen LogP contribution is -2.55. The fraction of sp³-hybridized carbons (Fsp3) is 0.810. The molecule has 2 aliphatic heterocycles. The highest BCUT2D eigenvalue weighted by atomic mass is 32.2. The van der Waals surface area contributed by atoms with Crippen LogP contribution < -0.4 is 10.6 Å². The van der Waals surface area contributed by atoms with Crippen molar-refractivity contribution in [1.29, 1.82) is 0 Å². The van der Waals surface area contributed by atoms with E-state index in [9.17, 15) is 13.2 Å². The highest BCUT2D eigenvalue weighted by Crippen LogP contribution is 2.42. The second kappa shape index (κ2) is 7.91. The Morgan fingerprint density at radius 2 is 1.70 bits per heavy atom. The lowest BCUT2D eigenvalue weighted by Gasteiger charge is -2.41. The molecule has 1 aromatic rings. The van der Waals surface area contributed by atoms with E-state index >= 15 is 0 Å². The standard InChI is InChI=1S/C21H32N4O4S/c1-22-14-4-8-18(9-5-14)30(27,28)25-16-6-7-17(25)11-15(10-16)23-21(26)19-12-20(29-24-19)13-2-3-13/h12-18,22H,2-11H2,1H3,(H,23,26)/t14-,15-,16+,17-,18-. The van der Waals surface area contributed by atoms with Gasteiger partial charge in [0, 0.05) is 36.2 Å². The van der Waals surface area contributed by atoms with Gasteiger partial charge in [0.25, 0.3) is 5.91 Å². The van der Waals surface area contributed by atoms with Crippen LogP contribution in [0.5, 0.6) is 0 Å². The zero-order valence-electron chi connectivity index (χ0n) is 17.5. The van der Waals surface area contributed by atoms with Gasteiger partial charge in [-0.15, -0.1) is 0 Å². The third-order valence-corrected chi connectivity index (χ3v) is 10.0. The van der Waals surface area contributed by atoms with E-state index < -0.39 is 10.0 Å². The van der Waals surface area contributed by atoms with Gasteiger partial charge in [0.15, 0.2) is 5.69 Å². The first-order valence-electron chi connectivity index (χ1n) is 11.4. The largest absolute Gasteiger partial charge is 0.360 e. The molecular weight excluding hydrogens is 404 g/mol. The van der Waals surface area contributed by atoms with Gasteiger partial charge >= 0.3 is 0 Å². The van der Waals surface area contributed by atoms with Crippen molar-refractivity contribution in [3.05, 3.63) is 17.5 Å². The number of carbonyl (C=O) groups is 1. The molecule has 4 fully saturated rings. The lowest BCUT2D eigenvalue weighted by molar-refractivity contribution is 0.0899. The molecule has 30 heavy (non-hydrogen) atoms. The molecule has 0 unspecified atom stereocenters. The van der Waals surface area contributed by atoms with Crippen LogP contribution in [-0.4, -0.2) is 60.3 Å². The minimum Gasteiger partial charge on any atom is -0.360 e. The molecule has 4 aliphatic rings. The zero-order chi connectivity index (χ0) is 20.9. The summed E-state index contributed by atoms with van der Waals surface area (Å²) in [7, 11) is -1.34. The van der Waals surface area contributed by atoms with Crippen LogP contribution in [0.3, 0.4) is 0 Å². The van der Waals surface area contributed by atoms with Gasteiger partial charge < -0.3 is 15.2 Å². The summed E-state index contributed by atoms with van der Waals surface area (Å²) in [6, 6.07) is 2.18. The second-order valence-electron chi connectivity index (χ2n) is 9.55. The first kappa shape index (κ1) is 20.5. The van der Waals surface area contributed by atoms with Gasteiger partial charge in [-0.25, -0.2) is 8.42 Å². The topological polar surface area (TPSA) is 105 Å². The normalized spacial score (nSPS) is 34.8. The van der Waals surface area contributed by atoms with Crippen LogP contribution >= 0.6 is 0 Å². The van der Waals surface area contributed by atoms with Gasteiger partial charge in [-0.1, -0.05) is 5.16 Å². The Hall–Kier alpha value is -1.45. The summed E-state index contributed by atoms with van der Waals surface area (Å²) in [6.07, 6.45) is 8.65. The van der Waals surface area contributed by atoms with Gasteiger partial charge in [0.1, 0.15) is 5.76 Å². The molecule has 8 nitrogen and oxygen atoms in total. The molecule has 2 saturated heterocycles. The molecule has 9 heteroatoms. The SMILES string of the molecule is CN[C@H]1CC[C@H](S(=O)(=O)N2[C@@H]3CC[C@H]2C[C@@H](NC(=O)c2cc(C4CC4)on2)C3)CC1. The minimum absolute atomic E-state index is 0.000377. The third kappa shape index (κ3) is 3.80. The molecule has 3 heterocycles. The maximum Gasteiger partial charge on any atom is 0.273 e. The number of sulfonamides is 1. The summed E-state index contributed by atoms with van der Waals surface area (Å²) >= 11 is 0. The number of piperidine rings is 1. The van der Waals surface area contributed by atoms with Gasteiger partial charge in [-0.2, -0.15) is 4.31 Å². The number of amides is 1. The Morgan fingerprint density at radius 1 is 1.03 bits per heavy atom. The van der Waals surface area contributed by atoms with Crippen LogP contribution in [0, 0.1) is 0 Å². The molecule has 2 bridgehead atoms. The Labute approximate surface area is 178 Å². The Kier molecular flexibility index (Phi) is 5.39. The molecule has 0 spiro atoms. The maximum atomic E-state index is 13.4. The third-order valence-electron chi connectivity index (χ3n) is 7.54. The predicted octanol–water partition coefficient (Wildman–Crippen LogP) is 2.14. The van der Waals surface area contributed by atoms with Crippen molar-refractivity contribution >= 4 is 15.9 Å². The Morgan fingerprint density at radius 3 is 2.30 bits per heavy atom. The number of hydrogen-bond acceptors (Lipinski definition) is 6. The van der Waals surface area contributed by atoms with Crippen LogP contribution in [-0.2, 0) is 10.0 Å². The number of fused-ring (bicyclic) bond motifs is 2. The number of hydrogen-bond donors (Lipinski definition) is 2. The molecular formula is C21H32N4O4S. The van der Waals surface area contributed by atoms with Crippen LogP contribution in [0.25, 0.3) is 0 Å². The van der Waals surface area contributed by atoms with Crippen LogP contribution in [0.4, 0.5) is 0 Å². The molecule has 2 N–H and O–H groups in total. The highest BCUT2D eigenvalue weighted by Gasteiger charge is 2.49. The average molecular weight is 437 g/mol. The maximum absolute atomic E-state index is 13.4. The molecule has 1 amide bonds. The van der Waals surface area contributed by atoms with Crippen LogP contribution in [0.2, 0.25) is 0 Å². The van der Waals surface area contributed by atoms with E-state index in [4.69, 9.17) is 4.52 Å². The quantitative estimate of drug-likeness (QED) is 0.708. The number of aromatic nitrogens is 1. The van der Waals surface area contributed by atoms with E-state index in [1.807, 2.05) is 11.4 Å². The van der Waals surface area contributed by atoms with Gasteiger partial charge in [0.05, 0.1) is 5.25 Å². The van der Waals surface area contributed by atoms with E-state index in [1.54, 1.807) is 6.07 Å². The summed E-state index contributed by atoms with van der Waals surface area (Å²) in [5.74, 6) is 1.01. The van der Waals surface area contributed by atoms with Crippen molar-refractivity contribution in [2.45, 2.75) is 99.5 Å².